The van der Waals surface area contributed by atoms with Gasteiger partial charge >= 0.3 is 0 Å². The van der Waals surface area contributed by atoms with Gasteiger partial charge in [0.2, 0.25) is 0 Å². The van der Waals surface area contributed by atoms with Crippen LogP contribution in [0.25, 0.3) is 0 Å². The number of nitrogens with one attached hydrogen (secondary N) is 1. The Morgan fingerprint density at radius 1 is 1.17 bits per heavy atom. The average Bonchev–Trinajstić information content (AvgIpc) is 2.46. The van der Waals surface area contributed by atoms with Crippen LogP contribution in [-0.2, 0) is 6.54 Å². The maximum Gasteiger partial charge on any atom is 0.131 e. The second-order valence-electron chi connectivity index (χ2n) is 3.97. The van der Waals surface area contributed by atoms with Crippen LogP contribution in [0.3, 0.4) is 0 Å². The molecule has 0 aromatic carbocycles. The second-order valence-corrected chi connectivity index (χ2v) is 3.97. The zero-order valence-corrected chi connectivity index (χ0v) is 10.8. The topological polar surface area (TPSA) is 41.1 Å². The fourth-order valence-electron chi connectivity index (χ4n) is 1.78. The van der Waals surface area contributed by atoms with Crippen molar-refractivity contribution in [3.05, 3.63) is 48.3 Å². The Hall–Kier alpha value is -2.10. The minimum atomic E-state index is 0.775. The van der Waals surface area contributed by atoms with Gasteiger partial charge in [-0.2, -0.15) is 0 Å². The number of anilines is 2. The minimum Gasteiger partial charge on any atom is -0.373 e. The fraction of sp³-hybridized carbons (Fsp3) is 0.286. The number of nitrogens with zero attached hydrogens (tertiary/aromatic N) is 3. The first-order chi connectivity index (χ1) is 8.83. The van der Waals surface area contributed by atoms with Crippen molar-refractivity contribution in [1.29, 1.82) is 0 Å². The maximum atomic E-state index is 4.55. The van der Waals surface area contributed by atoms with E-state index in [1.165, 1.54) is 0 Å². The molecule has 0 aliphatic carbocycles. The lowest BCUT2D eigenvalue weighted by Gasteiger charge is -2.21. The highest BCUT2D eigenvalue weighted by Gasteiger charge is 2.07. The van der Waals surface area contributed by atoms with Crippen molar-refractivity contribution in [3.63, 3.8) is 0 Å². The quantitative estimate of drug-likeness (QED) is 0.874. The first kappa shape index (κ1) is 12.4. The van der Waals surface area contributed by atoms with Gasteiger partial charge in [-0.3, -0.25) is 4.98 Å². The van der Waals surface area contributed by atoms with Gasteiger partial charge in [0.25, 0.3) is 0 Å². The Morgan fingerprint density at radius 3 is 2.72 bits per heavy atom. The van der Waals surface area contributed by atoms with E-state index in [-0.39, 0.29) is 0 Å². The molecule has 0 saturated heterocycles. The molecule has 18 heavy (non-hydrogen) atoms. The summed E-state index contributed by atoms with van der Waals surface area (Å²) in [6.45, 7) is 3.80. The highest BCUT2D eigenvalue weighted by atomic mass is 15.2. The van der Waals surface area contributed by atoms with E-state index in [1.807, 2.05) is 49.6 Å². The van der Waals surface area contributed by atoms with Crippen molar-refractivity contribution in [2.75, 3.05) is 23.8 Å². The van der Waals surface area contributed by atoms with Gasteiger partial charge < -0.3 is 10.2 Å². The molecule has 2 heterocycles. The molecule has 0 aliphatic rings. The largest absolute Gasteiger partial charge is 0.373 e. The minimum absolute atomic E-state index is 0.775. The maximum absolute atomic E-state index is 4.55. The van der Waals surface area contributed by atoms with Crippen LogP contribution in [0.2, 0.25) is 0 Å². The molecule has 0 fully saturated rings. The lowest BCUT2D eigenvalue weighted by molar-refractivity contribution is 0.794. The van der Waals surface area contributed by atoms with E-state index in [4.69, 9.17) is 0 Å². The zero-order chi connectivity index (χ0) is 12.8. The summed E-state index contributed by atoms with van der Waals surface area (Å²) < 4.78 is 0. The predicted octanol–water partition coefficient (Wildman–Crippen LogP) is 2.54. The summed E-state index contributed by atoms with van der Waals surface area (Å²) in [6.07, 6.45) is 1.82. The number of hydrogen-bond acceptors (Lipinski definition) is 4. The normalized spacial score (nSPS) is 10.1. The molecule has 0 saturated carbocycles. The van der Waals surface area contributed by atoms with Gasteiger partial charge in [0, 0.05) is 19.8 Å². The Kier molecular flexibility index (Phi) is 4.12. The third-order valence-corrected chi connectivity index (χ3v) is 2.78. The summed E-state index contributed by atoms with van der Waals surface area (Å²) in [4.78, 5) is 11.1. The van der Waals surface area contributed by atoms with Crippen molar-refractivity contribution in [2.24, 2.45) is 0 Å². The third kappa shape index (κ3) is 2.97. The lowest BCUT2D eigenvalue weighted by Crippen LogP contribution is -2.23. The predicted molar refractivity (Wildman–Crippen MR) is 74.7 cm³/mol. The molecule has 0 unspecified atom stereocenters. The van der Waals surface area contributed by atoms with E-state index in [0.29, 0.717) is 0 Å². The molecule has 0 spiro atoms. The Bertz CT molecular complexity index is 484. The van der Waals surface area contributed by atoms with E-state index in [9.17, 15) is 0 Å². The highest BCUT2D eigenvalue weighted by molar-refractivity contribution is 5.46. The summed E-state index contributed by atoms with van der Waals surface area (Å²) in [7, 11) is 1.88. The Morgan fingerprint density at radius 2 is 2.06 bits per heavy atom. The Labute approximate surface area is 108 Å². The highest BCUT2D eigenvalue weighted by Crippen LogP contribution is 2.15. The average molecular weight is 242 g/mol. The summed E-state index contributed by atoms with van der Waals surface area (Å²) in [5.74, 6) is 1.85. The molecule has 0 radical (unpaired) electrons. The van der Waals surface area contributed by atoms with Gasteiger partial charge in [0.05, 0.1) is 12.2 Å². The molecule has 2 aromatic rings. The van der Waals surface area contributed by atoms with E-state index in [2.05, 4.69) is 27.1 Å². The van der Waals surface area contributed by atoms with Crippen molar-refractivity contribution >= 4 is 11.6 Å². The molecule has 0 aliphatic heterocycles. The molecule has 0 bridgehead atoms. The monoisotopic (exact) mass is 242 g/mol. The van der Waals surface area contributed by atoms with Crippen LogP contribution >= 0.6 is 0 Å². The Balaban J connectivity index is 2.17. The fourth-order valence-corrected chi connectivity index (χ4v) is 1.78. The number of hydrogen-bond donors (Lipinski definition) is 1. The van der Waals surface area contributed by atoms with Gasteiger partial charge in [-0.1, -0.05) is 12.1 Å². The molecule has 1 N–H and O–H groups in total. The van der Waals surface area contributed by atoms with E-state index in [1.54, 1.807) is 0 Å². The first-order valence-electron chi connectivity index (χ1n) is 6.13. The van der Waals surface area contributed by atoms with Crippen LogP contribution in [0.15, 0.2) is 42.6 Å². The van der Waals surface area contributed by atoms with Crippen molar-refractivity contribution in [2.45, 2.75) is 13.5 Å². The van der Waals surface area contributed by atoms with E-state index >= 15 is 0 Å². The molecule has 0 atom stereocenters. The zero-order valence-electron chi connectivity index (χ0n) is 10.8. The van der Waals surface area contributed by atoms with Crippen LogP contribution in [-0.4, -0.2) is 23.6 Å². The van der Waals surface area contributed by atoms with Crippen LogP contribution in [0.5, 0.6) is 0 Å². The summed E-state index contributed by atoms with van der Waals surface area (Å²) in [5.41, 5.74) is 1.05. The van der Waals surface area contributed by atoms with Gasteiger partial charge in [-0.05, 0) is 31.2 Å². The summed E-state index contributed by atoms with van der Waals surface area (Å²) in [6, 6.07) is 12.0. The molecule has 94 valence electrons. The molecule has 2 aromatic heterocycles. The lowest BCUT2D eigenvalue weighted by atomic mass is 10.3. The smallest absolute Gasteiger partial charge is 0.131 e. The molecule has 0 amide bonds. The standard InChI is InChI=1S/C14H18N4/c1-3-18(11-12-7-4-5-10-16-12)14-9-6-8-13(15-2)17-14/h4-10H,3,11H2,1-2H3,(H,15,17). The van der Waals surface area contributed by atoms with Gasteiger partial charge in [0.15, 0.2) is 0 Å². The summed E-state index contributed by atoms with van der Waals surface area (Å²) >= 11 is 0. The van der Waals surface area contributed by atoms with Crippen LogP contribution in [0.1, 0.15) is 12.6 Å². The molecule has 2 rings (SSSR count). The number of rotatable bonds is 5. The van der Waals surface area contributed by atoms with Crippen molar-refractivity contribution in [1.82, 2.24) is 9.97 Å². The van der Waals surface area contributed by atoms with Crippen LogP contribution in [0.4, 0.5) is 11.6 Å². The van der Waals surface area contributed by atoms with Gasteiger partial charge in [-0.25, -0.2) is 4.98 Å². The SMILES string of the molecule is CCN(Cc1ccccn1)c1cccc(NC)n1. The molecular formula is C14H18N4. The second kappa shape index (κ2) is 6.00. The molecule has 4 nitrogen and oxygen atoms in total. The number of pyridine rings is 2. The van der Waals surface area contributed by atoms with Crippen molar-refractivity contribution < 1.29 is 0 Å². The van der Waals surface area contributed by atoms with E-state index in [0.717, 1.165) is 30.4 Å². The summed E-state index contributed by atoms with van der Waals surface area (Å²) in [5, 5.41) is 3.06. The number of aromatic nitrogens is 2. The van der Waals surface area contributed by atoms with Gasteiger partial charge in [-0.15, -0.1) is 0 Å². The van der Waals surface area contributed by atoms with Crippen molar-refractivity contribution in [3.8, 4) is 0 Å². The van der Waals surface area contributed by atoms with Gasteiger partial charge in [0.1, 0.15) is 11.6 Å². The molecule has 4 heteroatoms. The van der Waals surface area contributed by atoms with Crippen LogP contribution in [0, 0.1) is 0 Å². The first-order valence-corrected chi connectivity index (χ1v) is 6.13. The molecular weight excluding hydrogens is 224 g/mol. The van der Waals surface area contributed by atoms with E-state index < -0.39 is 0 Å². The van der Waals surface area contributed by atoms with Crippen LogP contribution < -0.4 is 10.2 Å². The third-order valence-electron chi connectivity index (χ3n) is 2.78.